The van der Waals surface area contributed by atoms with Gasteiger partial charge >= 0.3 is 6.18 Å². The fraction of sp³-hybridized carbons (Fsp3) is 0.371. The van der Waals surface area contributed by atoms with Gasteiger partial charge < -0.3 is 9.47 Å². The number of unbranched alkanes of at least 4 members (excludes halogenated alkanes) is 3. The van der Waals surface area contributed by atoms with Crippen LogP contribution in [0.1, 0.15) is 82.0 Å². The van der Waals surface area contributed by atoms with Crippen LogP contribution in [0.2, 0.25) is 0 Å². The smallest absolute Gasteiger partial charge is 0.340 e. The molecule has 0 aliphatic carbocycles. The third-order valence-electron chi connectivity index (χ3n) is 8.95. The van der Waals surface area contributed by atoms with E-state index in [1.165, 1.54) is 22.7 Å². The van der Waals surface area contributed by atoms with Gasteiger partial charge in [0.25, 0.3) is 11.8 Å². The molecule has 0 saturated carbocycles. The largest absolute Gasteiger partial charge is 0.416 e. The lowest BCUT2D eigenvalue weighted by atomic mass is 9.93. The van der Waals surface area contributed by atoms with E-state index in [-0.39, 0.29) is 11.8 Å². The Morgan fingerprint density at radius 3 is 1.98 bits per heavy atom. The molecule has 5 nitrogen and oxygen atoms in total. The van der Waals surface area contributed by atoms with Crippen LogP contribution in [0.5, 0.6) is 0 Å². The summed E-state index contributed by atoms with van der Waals surface area (Å²) < 4.78 is 41.5. The number of piperidine rings is 1. The average Bonchev–Trinajstić information content (AvgIpc) is 3.49. The molecule has 0 spiro atoms. The van der Waals surface area contributed by atoms with Crippen molar-refractivity contribution in [2.75, 3.05) is 26.2 Å². The highest BCUT2D eigenvalue weighted by Gasteiger charge is 2.34. The van der Waals surface area contributed by atoms with E-state index in [0.29, 0.717) is 30.1 Å². The van der Waals surface area contributed by atoms with Crippen LogP contribution in [0.15, 0.2) is 78.9 Å². The minimum atomic E-state index is -4.33. The molecule has 0 atom stereocenters. The molecule has 4 aromatic rings. The maximum absolute atomic E-state index is 13.1. The van der Waals surface area contributed by atoms with E-state index >= 15 is 0 Å². The van der Waals surface area contributed by atoms with Crippen molar-refractivity contribution in [2.45, 2.75) is 57.2 Å². The second-order valence-corrected chi connectivity index (χ2v) is 11.7. The number of carbonyl (C=O) groups excluding carboxylic acids is 2. The Morgan fingerprint density at radius 1 is 0.721 bits per heavy atom. The molecule has 8 heteroatoms. The molecule has 1 saturated heterocycles. The van der Waals surface area contributed by atoms with Gasteiger partial charge in [-0.25, -0.2) is 0 Å². The summed E-state index contributed by atoms with van der Waals surface area (Å²) in [5, 5.41) is 1.16. The van der Waals surface area contributed by atoms with Crippen LogP contribution in [0.3, 0.4) is 0 Å². The summed E-state index contributed by atoms with van der Waals surface area (Å²) in [7, 11) is 0. The van der Waals surface area contributed by atoms with Crippen molar-refractivity contribution in [1.29, 1.82) is 0 Å². The topological polar surface area (TPSA) is 45.6 Å². The first-order valence-electron chi connectivity index (χ1n) is 15.2. The van der Waals surface area contributed by atoms with Gasteiger partial charge in [0.05, 0.1) is 16.7 Å². The van der Waals surface area contributed by atoms with Crippen LogP contribution in [0.25, 0.3) is 10.9 Å². The molecule has 224 valence electrons. The third-order valence-corrected chi connectivity index (χ3v) is 8.95. The summed E-state index contributed by atoms with van der Waals surface area (Å²) in [5.74, 6) is 0.0431. The number of halogens is 3. The summed E-state index contributed by atoms with van der Waals surface area (Å²) in [5.41, 5.74) is 3.63. The van der Waals surface area contributed by atoms with Crippen LogP contribution in [-0.4, -0.2) is 52.4 Å². The Labute approximate surface area is 249 Å². The van der Waals surface area contributed by atoms with E-state index in [4.69, 9.17) is 0 Å². The molecule has 2 aliphatic rings. The minimum absolute atomic E-state index is 0.179. The Kier molecular flexibility index (Phi) is 8.39. The lowest BCUT2D eigenvalue weighted by molar-refractivity contribution is -0.137. The second kappa shape index (κ2) is 12.4. The zero-order valence-electron chi connectivity index (χ0n) is 24.2. The van der Waals surface area contributed by atoms with Crippen molar-refractivity contribution < 1.29 is 22.8 Å². The number of aromatic nitrogens is 1. The van der Waals surface area contributed by atoms with E-state index in [0.717, 1.165) is 74.6 Å². The zero-order valence-corrected chi connectivity index (χ0v) is 24.2. The van der Waals surface area contributed by atoms with Crippen molar-refractivity contribution in [1.82, 2.24) is 14.4 Å². The SMILES string of the molecule is O=C1c2ccccc2C(=O)N1CCCCCCN1CCC(c2cc3ccccc3n2Cc2ccc(C(F)(F)F)cc2)CC1. The van der Waals surface area contributed by atoms with E-state index in [9.17, 15) is 22.8 Å². The molecule has 1 aromatic heterocycles. The fourth-order valence-corrected chi connectivity index (χ4v) is 6.58. The molecule has 3 aromatic carbocycles. The van der Waals surface area contributed by atoms with Crippen molar-refractivity contribution in [3.05, 3.63) is 107 Å². The Hall–Kier alpha value is -3.91. The summed E-state index contributed by atoms with van der Waals surface area (Å²) in [4.78, 5) is 29.0. The number of para-hydroxylation sites is 1. The molecule has 0 bridgehead atoms. The number of nitrogens with zero attached hydrogens (tertiary/aromatic N) is 3. The first-order valence-corrected chi connectivity index (χ1v) is 15.2. The molecule has 1 fully saturated rings. The number of hydrogen-bond donors (Lipinski definition) is 0. The van der Waals surface area contributed by atoms with Gasteiger partial charge in [-0.1, -0.05) is 55.3 Å². The lowest BCUT2D eigenvalue weighted by Crippen LogP contribution is -2.34. The predicted molar refractivity (Wildman–Crippen MR) is 161 cm³/mol. The summed E-state index contributed by atoms with van der Waals surface area (Å²) in [6.07, 6.45) is 1.70. The van der Waals surface area contributed by atoms with Gasteiger partial charge in [-0.3, -0.25) is 14.5 Å². The normalized spacial score (nSPS) is 16.4. The highest BCUT2D eigenvalue weighted by atomic mass is 19.4. The monoisotopic (exact) mass is 587 g/mol. The number of rotatable bonds is 10. The molecular formula is C35H36F3N3O2. The number of imide groups is 1. The van der Waals surface area contributed by atoms with Gasteiger partial charge in [0.15, 0.2) is 0 Å². The van der Waals surface area contributed by atoms with Crippen molar-refractivity contribution >= 4 is 22.7 Å². The molecular weight excluding hydrogens is 551 g/mol. The van der Waals surface area contributed by atoms with E-state index < -0.39 is 11.7 Å². The predicted octanol–water partition coefficient (Wildman–Crippen LogP) is 7.74. The van der Waals surface area contributed by atoms with Crippen LogP contribution in [-0.2, 0) is 12.7 Å². The minimum Gasteiger partial charge on any atom is -0.340 e. The Morgan fingerprint density at radius 2 is 1.33 bits per heavy atom. The fourth-order valence-electron chi connectivity index (χ4n) is 6.58. The molecule has 0 radical (unpaired) electrons. The zero-order chi connectivity index (χ0) is 30.0. The van der Waals surface area contributed by atoms with Crippen molar-refractivity contribution in [3.8, 4) is 0 Å². The Bertz CT molecular complexity index is 1570. The number of likely N-dealkylation sites (tertiary alicyclic amines) is 1. The van der Waals surface area contributed by atoms with Crippen LogP contribution < -0.4 is 0 Å². The standard InChI is InChI=1S/C35H36F3N3O2/c36-35(37,38)28-15-13-25(14-16-28)24-41-31-12-6-3-9-27(31)23-32(41)26-17-21-39(22-18-26)19-7-1-2-8-20-40-33(42)29-10-4-5-11-30(29)34(40)43/h3-6,9-16,23,26H,1-2,7-8,17-22,24H2. The second-order valence-electron chi connectivity index (χ2n) is 11.7. The van der Waals surface area contributed by atoms with Gasteiger partial charge in [-0.05, 0) is 92.7 Å². The van der Waals surface area contributed by atoms with E-state index in [1.54, 1.807) is 36.4 Å². The number of fused-ring (bicyclic) bond motifs is 2. The maximum Gasteiger partial charge on any atom is 0.416 e. The van der Waals surface area contributed by atoms with E-state index in [1.807, 2.05) is 12.1 Å². The molecule has 2 amide bonds. The van der Waals surface area contributed by atoms with Gasteiger partial charge in [0.1, 0.15) is 0 Å². The number of hydrogen-bond acceptors (Lipinski definition) is 3. The van der Waals surface area contributed by atoms with Crippen LogP contribution >= 0.6 is 0 Å². The molecule has 6 rings (SSSR count). The number of benzene rings is 3. The van der Waals surface area contributed by atoms with Gasteiger partial charge in [-0.15, -0.1) is 0 Å². The molecule has 2 aliphatic heterocycles. The maximum atomic E-state index is 13.1. The first-order chi connectivity index (χ1) is 20.8. The van der Waals surface area contributed by atoms with Gasteiger partial charge in [0, 0.05) is 30.2 Å². The molecule has 0 unspecified atom stereocenters. The quantitative estimate of drug-likeness (QED) is 0.141. The first kappa shape index (κ1) is 29.2. The third kappa shape index (κ3) is 6.25. The number of alkyl halides is 3. The summed E-state index contributed by atoms with van der Waals surface area (Å²) in [6.45, 7) is 4.08. The molecule has 43 heavy (non-hydrogen) atoms. The highest BCUT2D eigenvalue weighted by molar-refractivity contribution is 6.21. The van der Waals surface area contributed by atoms with E-state index in [2.05, 4.69) is 27.7 Å². The van der Waals surface area contributed by atoms with Gasteiger partial charge in [-0.2, -0.15) is 13.2 Å². The summed E-state index contributed by atoms with van der Waals surface area (Å²) in [6, 6.07) is 23.0. The van der Waals surface area contributed by atoms with Crippen molar-refractivity contribution in [2.24, 2.45) is 0 Å². The number of amides is 2. The van der Waals surface area contributed by atoms with Crippen molar-refractivity contribution in [3.63, 3.8) is 0 Å². The summed E-state index contributed by atoms with van der Waals surface area (Å²) >= 11 is 0. The van der Waals surface area contributed by atoms with Crippen LogP contribution in [0.4, 0.5) is 13.2 Å². The highest BCUT2D eigenvalue weighted by Crippen LogP contribution is 2.34. The Balaban J connectivity index is 0.985. The lowest BCUT2D eigenvalue weighted by Gasteiger charge is -2.32. The molecule has 3 heterocycles. The van der Waals surface area contributed by atoms with Gasteiger partial charge in [0.2, 0.25) is 0 Å². The molecule has 0 N–H and O–H groups in total. The number of carbonyl (C=O) groups is 2. The average molecular weight is 588 g/mol. The van der Waals surface area contributed by atoms with Crippen LogP contribution in [0, 0.1) is 0 Å².